The number of ether oxygens (including phenoxy) is 1. The van der Waals surface area contributed by atoms with E-state index in [4.69, 9.17) is 4.74 Å². The van der Waals surface area contributed by atoms with Crippen molar-refractivity contribution in [3.8, 4) is 5.75 Å². The maximum atomic E-state index is 12.0. The molecule has 1 aliphatic rings. The molecule has 0 unspecified atom stereocenters. The van der Waals surface area contributed by atoms with Crippen molar-refractivity contribution in [3.05, 3.63) is 29.3 Å². The van der Waals surface area contributed by atoms with Crippen LogP contribution in [0, 0.1) is 13.8 Å². The van der Waals surface area contributed by atoms with Gasteiger partial charge in [-0.2, -0.15) is 0 Å². The van der Waals surface area contributed by atoms with Crippen molar-refractivity contribution in [1.82, 2.24) is 10.2 Å². The summed E-state index contributed by atoms with van der Waals surface area (Å²) in [6, 6.07) is 5.17. The fourth-order valence-corrected chi connectivity index (χ4v) is 2.24. The van der Waals surface area contributed by atoms with Crippen LogP contribution in [0.1, 0.15) is 25.0 Å². The van der Waals surface area contributed by atoms with Crippen molar-refractivity contribution in [2.24, 2.45) is 0 Å². The molecular formula is C16H22N2O4. The van der Waals surface area contributed by atoms with Gasteiger partial charge in [-0.25, -0.2) is 4.79 Å². The number of aliphatic hydroxyl groups is 1. The lowest BCUT2D eigenvalue weighted by atomic mass is 10.1. The molecule has 6 nitrogen and oxygen atoms in total. The first-order valence-corrected chi connectivity index (χ1v) is 7.23. The van der Waals surface area contributed by atoms with Gasteiger partial charge in [0.15, 0.2) is 0 Å². The maximum Gasteiger partial charge on any atom is 0.325 e. The predicted molar refractivity (Wildman–Crippen MR) is 81.7 cm³/mol. The largest absolute Gasteiger partial charge is 0.491 e. The Morgan fingerprint density at radius 1 is 1.27 bits per heavy atom. The van der Waals surface area contributed by atoms with Crippen LogP contribution in [-0.2, 0) is 4.79 Å². The Hall–Kier alpha value is -2.08. The van der Waals surface area contributed by atoms with E-state index in [0.29, 0.717) is 5.75 Å². The molecule has 1 saturated heterocycles. The van der Waals surface area contributed by atoms with Gasteiger partial charge in [-0.3, -0.25) is 9.69 Å². The number of β-amino-alcohol motifs (C(OH)–C–C–N with tert-alkyl or cyclic N) is 1. The molecule has 2 rings (SSSR count). The van der Waals surface area contributed by atoms with Crippen LogP contribution in [0.3, 0.4) is 0 Å². The molecule has 3 amide bonds. The molecule has 1 heterocycles. The van der Waals surface area contributed by atoms with Crippen LogP contribution in [0.2, 0.25) is 0 Å². The third-order valence-corrected chi connectivity index (χ3v) is 3.76. The Kier molecular flexibility index (Phi) is 4.42. The number of aliphatic hydroxyl groups excluding tert-OH is 1. The Morgan fingerprint density at radius 2 is 1.95 bits per heavy atom. The van der Waals surface area contributed by atoms with E-state index in [1.54, 1.807) is 13.8 Å². The molecule has 1 fully saturated rings. The standard InChI is InChI=1S/C16H22N2O4/c1-10-5-6-13(7-11(10)2)22-9-12(19)8-18-14(20)16(3,4)17-15(18)21/h5-7,12,19H,8-9H2,1-4H3,(H,17,21)/t12-/m0/s1. The van der Waals surface area contributed by atoms with Crippen LogP contribution >= 0.6 is 0 Å². The summed E-state index contributed by atoms with van der Waals surface area (Å²) in [7, 11) is 0. The first-order valence-electron chi connectivity index (χ1n) is 7.23. The van der Waals surface area contributed by atoms with Crippen LogP contribution in [0.15, 0.2) is 18.2 Å². The van der Waals surface area contributed by atoms with Gasteiger partial charge in [-0.05, 0) is 51.0 Å². The van der Waals surface area contributed by atoms with Gasteiger partial charge in [-0.1, -0.05) is 6.07 Å². The van der Waals surface area contributed by atoms with Gasteiger partial charge in [0.05, 0.1) is 6.54 Å². The van der Waals surface area contributed by atoms with Gasteiger partial charge < -0.3 is 15.2 Å². The van der Waals surface area contributed by atoms with Crippen molar-refractivity contribution in [2.45, 2.75) is 39.3 Å². The number of benzene rings is 1. The first-order chi connectivity index (χ1) is 10.2. The highest BCUT2D eigenvalue weighted by atomic mass is 16.5. The van der Waals surface area contributed by atoms with Crippen molar-refractivity contribution in [2.75, 3.05) is 13.2 Å². The van der Waals surface area contributed by atoms with Crippen LogP contribution in [0.4, 0.5) is 4.79 Å². The van der Waals surface area contributed by atoms with Crippen molar-refractivity contribution < 1.29 is 19.4 Å². The van der Waals surface area contributed by atoms with Crippen LogP contribution in [0.25, 0.3) is 0 Å². The molecule has 0 saturated carbocycles. The molecule has 0 radical (unpaired) electrons. The normalized spacial score (nSPS) is 18.3. The summed E-state index contributed by atoms with van der Waals surface area (Å²) in [5.41, 5.74) is 1.34. The molecule has 2 N–H and O–H groups in total. The van der Waals surface area contributed by atoms with E-state index in [-0.39, 0.29) is 19.1 Å². The number of hydrogen-bond acceptors (Lipinski definition) is 4. The Bertz CT molecular complexity index is 598. The van der Waals surface area contributed by atoms with Gasteiger partial charge in [0.1, 0.15) is 24.0 Å². The second-order valence-electron chi connectivity index (χ2n) is 6.18. The summed E-state index contributed by atoms with van der Waals surface area (Å²) >= 11 is 0. The summed E-state index contributed by atoms with van der Waals surface area (Å²) in [5.74, 6) is 0.308. The van der Waals surface area contributed by atoms with Crippen molar-refractivity contribution in [3.63, 3.8) is 0 Å². The summed E-state index contributed by atoms with van der Waals surface area (Å²) < 4.78 is 5.52. The third kappa shape index (κ3) is 3.39. The number of carbonyl (C=O) groups excluding carboxylic acids is 2. The van der Waals surface area contributed by atoms with E-state index in [9.17, 15) is 14.7 Å². The van der Waals surface area contributed by atoms with Gasteiger partial charge in [0.25, 0.3) is 5.91 Å². The highest BCUT2D eigenvalue weighted by Gasteiger charge is 2.44. The van der Waals surface area contributed by atoms with Gasteiger partial charge in [0.2, 0.25) is 0 Å². The van der Waals surface area contributed by atoms with Gasteiger partial charge in [-0.15, -0.1) is 0 Å². The molecule has 1 aromatic carbocycles. The third-order valence-electron chi connectivity index (χ3n) is 3.76. The summed E-state index contributed by atoms with van der Waals surface area (Å²) in [5, 5.41) is 12.6. The second kappa shape index (κ2) is 5.96. The summed E-state index contributed by atoms with van der Waals surface area (Å²) in [4.78, 5) is 24.8. The van der Waals surface area contributed by atoms with Crippen molar-refractivity contribution >= 4 is 11.9 Å². The number of hydrogen-bond donors (Lipinski definition) is 2. The smallest absolute Gasteiger partial charge is 0.325 e. The fourth-order valence-electron chi connectivity index (χ4n) is 2.24. The molecule has 0 spiro atoms. The van der Waals surface area contributed by atoms with E-state index < -0.39 is 17.7 Å². The Morgan fingerprint density at radius 3 is 2.50 bits per heavy atom. The molecule has 1 atom stereocenters. The predicted octanol–water partition coefficient (Wildman–Crippen LogP) is 1.37. The second-order valence-corrected chi connectivity index (χ2v) is 6.18. The number of nitrogens with zero attached hydrogens (tertiary/aromatic N) is 1. The Balaban J connectivity index is 1.90. The van der Waals surface area contributed by atoms with E-state index in [1.807, 2.05) is 32.0 Å². The fraction of sp³-hybridized carbons (Fsp3) is 0.500. The molecule has 22 heavy (non-hydrogen) atoms. The van der Waals surface area contributed by atoms with E-state index >= 15 is 0 Å². The lowest BCUT2D eigenvalue weighted by Gasteiger charge is -2.19. The molecule has 6 heteroatoms. The van der Waals surface area contributed by atoms with E-state index in [0.717, 1.165) is 16.0 Å². The monoisotopic (exact) mass is 306 g/mol. The highest BCUT2D eigenvalue weighted by Crippen LogP contribution is 2.18. The first kappa shape index (κ1) is 16.3. The van der Waals surface area contributed by atoms with E-state index in [2.05, 4.69) is 5.32 Å². The molecular weight excluding hydrogens is 284 g/mol. The zero-order chi connectivity index (χ0) is 16.5. The Labute approximate surface area is 130 Å². The number of carbonyl (C=O) groups is 2. The lowest BCUT2D eigenvalue weighted by Crippen LogP contribution is -2.42. The van der Waals surface area contributed by atoms with Gasteiger partial charge >= 0.3 is 6.03 Å². The summed E-state index contributed by atoms with van der Waals surface area (Å²) in [6.45, 7) is 7.18. The lowest BCUT2D eigenvalue weighted by molar-refractivity contribution is -0.131. The van der Waals surface area contributed by atoms with Crippen LogP contribution < -0.4 is 10.1 Å². The number of amides is 3. The number of imide groups is 1. The molecule has 0 aromatic heterocycles. The number of nitrogens with one attached hydrogen (secondary N) is 1. The minimum Gasteiger partial charge on any atom is -0.491 e. The quantitative estimate of drug-likeness (QED) is 0.805. The van der Waals surface area contributed by atoms with Crippen LogP contribution in [0.5, 0.6) is 5.75 Å². The minimum absolute atomic E-state index is 0.0139. The van der Waals surface area contributed by atoms with Crippen molar-refractivity contribution in [1.29, 1.82) is 0 Å². The average molecular weight is 306 g/mol. The maximum absolute atomic E-state index is 12.0. The molecule has 0 bridgehead atoms. The number of rotatable bonds is 5. The minimum atomic E-state index is -0.940. The summed E-state index contributed by atoms with van der Waals surface area (Å²) in [6.07, 6.45) is -0.940. The number of aryl methyl sites for hydroxylation is 2. The molecule has 120 valence electrons. The zero-order valence-corrected chi connectivity index (χ0v) is 13.3. The number of urea groups is 1. The van der Waals surface area contributed by atoms with Gasteiger partial charge in [0, 0.05) is 0 Å². The van der Waals surface area contributed by atoms with E-state index in [1.165, 1.54) is 0 Å². The molecule has 1 aliphatic heterocycles. The van der Waals surface area contributed by atoms with Crippen LogP contribution in [-0.4, -0.2) is 46.7 Å². The zero-order valence-electron chi connectivity index (χ0n) is 13.3. The molecule has 0 aliphatic carbocycles. The highest BCUT2D eigenvalue weighted by molar-refractivity contribution is 6.06. The topological polar surface area (TPSA) is 78.9 Å². The SMILES string of the molecule is Cc1ccc(OC[C@@H](O)CN2C(=O)NC(C)(C)C2=O)cc1C. The molecule has 1 aromatic rings. The average Bonchev–Trinajstić information content (AvgIpc) is 2.62.